The van der Waals surface area contributed by atoms with E-state index in [4.69, 9.17) is 4.74 Å². The maximum Gasteiger partial charge on any atom is 0.410 e. The molecule has 0 saturated carbocycles. The summed E-state index contributed by atoms with van der Waals surface area (Å²) in [6.07, 6.45) is 1.03. The first-order valence-electron chi connectivity index (χ1n) is 8.03. The summed E-state index contributed by atoms with van der Waals surface area (Å²) in [5, 5.41) is 9.60. The van der Waals surface area contributed by atoms with Crippen LogP contribution in [0.15, 0.2) is 30.3 Å². The smallest absolute Gasteiger partial charge is 0.410 e. The molecule has 1 saturated heterocycles. The van der Waals surface area contributed by atoms with Crippen molar-refractivity contribution in [3.05, 3.63) is 35.9 Å². The van der Waals surface area contributed by atoms with E-state index in [1.165, 1.54) is 0 Å². The third-order valence-electron chi connectivity index (χ3n) is 4.09. The Morgan fingerprint density at radius 3 is 2.22 bits per heavy atom. The number of carbonyl (C=O) groups excluding carboxylic acids is 1. The molecule has 0 radical (unpaired) electrons. The van der Waals surface area contributed by atoms with Crippen LogP contribution in [0.1, 0.15) is 45.1 Å². The highest BCUT2D eigenvalue weighted by molar-refractivity contribution is 5.76. The molecule has 2 rings (SSSR count). The Morgan fingerprint density at radius 1 is 1.17 bits per heavy atom. The van der Waals surface area contributed by atoms with Crippen LogP contribution in [0.2, 0.25) is 0 Å². The van der Waals surface area contributed by atoms with Crippen molar-refractivity contribution < 1.29 is 19.4 Å². The van der Waals surface area contributed by atoms with Crippen LogP contribution in [-0.2, 0) is 9.53 Å². The average Bonchev–Trinajstić information content (AvgIpc) is 2.47. The zero-order valence-corrected chi connectivity index (χ0v) is 14.0. The predicted octanol–water partition coefficient (Wildman–Crippen LogP) is 3.50. The Morgan fingerprint density at radius 2 is 1.74 bits per heavy atom. The van der Waals surface area contributed by atoms with Crippen LogP contribution in [-0.4, -0.2) is 40.8 Å². The second kappa shape index (κ2) is 7.02. The van der Waals surface area contributed by atoms with Gasteiger partial charge in [0, 0.05) is 13.1 Å². The molecule has 1 aromatic carbocycles. The molecule has 0 spiro atoms. The van der Waals surface area contributed by atoms with E-state index in [2.05, 4.69) is 0 Å². The van der Waals surface area contributed by atoms with E-state index >= 15 is 0 Å². The maximum atomic E-state index is 12.1. The number of benzene rings is 1. The van der Waals surface area contributed by atoms with E-state index in [9.17, 15) is 14.7 Å². The van der Waals surface area contributed by atoms with Crippen LogP contribution in [0, 0.1) is 5.92 Å². The first-order valence-corrected chi connectivity index (χ1v) is 8.03. The molecule has 1 aromatic rings. The van der Waals surface area contributed by atoms with Gasteiger partial charge in [0.25, 0.3) is 0 Å². The van der Waals surface area contributed by atoms with Crippen molar-refractivity contribution in [3.8, 4) is 0 Å². The van der Waals surface area contributed by atoms with Gasteiger partial charge < -0.3 is 14.7 Å². The fourth-order valence-corrected chi connectivity index (χ4v) is 3.02. The van der Waals surface area contributed by atoms with Crippen molar-refractivity contribution in [1.82, 2.24) is 4.90 Å². The molecule has 1 amide bonds. The molecular formula is C18H25NO4. The number of likely N-dealkylation sites (tertiary alicyclic amines) is 1. The fraction of sp³-hybridized carbons (Fsp3) is 0.556. The molecule has 1 unspecified atom stereocenters. The minimum absolute atomic E-state index is 0.0357. The molecular weight excluding hydrogens is 294 g/mol. The highest BCUT2D eigenvalue weighted by Crippen LogP contribution is 2.33. The first-order chi connectivity index (χ1) is 10.8. The Hall–Kier alpha value is -2.04. The molecule has 0 aromatic heterocycles. The van der Waals surface area contributed by atoms with Crippen LogP contribution >= 0.6 is 0 Å². The Bertz CT molecular complexity index is 542. The lowest BCUT2D eigenvalue weighted by Gasteiger charge is -2.35. The average molecular weight is 319 g/mol. The van der Waals surface area contributed by atoms with Crippen molar-refractivity contribution >= 4 is 12.1 Å². The van der Waals surface area contributed by atoms with Crippen molar-refractivity contribution in [2.24, 2.45) is 5.92 Å². The molecule has 1 aliphatic heterocycles. The topological polar surface area (TPSA) is 66.8 Å². The van der Waals surface area contributed by atoms with E-state index < -0.39 is 17.5 Å². The molecule has 23 heavy (non-hydrogen) atoms. The van der Waals surface area contributed by atoms with E-state index in [1.54, 1.807) is 4.90 Å². The molecule has 1 atom stereocenters. The highest BCUT2D eigenvalue weighted by Gasteiger charge is 2.34. The molecule has 1 heterocycles. The molecule has 1 N–H and O–H groups in total. The van der Waals surface area contributed by atoms with Gasteiger partial charge in [-0.05, 0) is 45.1 Å². The zero-order chi connectivity index (χ0) is 17.0. The van der Waals surface area contributed by atoms with Crippen LogP contribution in [0.3, 0.4) is 0 Å². The summed E-state index contributed by atoms with van der Waals surface area (Å²) in [6, 6.07) is 9.33. The molecule has 0 aliphatic carbocycles. The Kier molecular flexibility index (Phi) is 5.29. The number of amides is 1. The number of carbonyl (C=O) groups is 2. The number of nitrogens with zero attached hydrogens (tertiary/aromatic N) is 1. The second-order valence-corrected chi connectivity index (χ2v) is 7.03. The van der Waals surface area contributed by atoms with E-state index in [1.807, 2.05) is 51.1 Å². The number of hydrogen-bond donors (Lipinski definition) is 1. The van der Waals surface area contributed by atoms with Gasteiger partial charge in [-0.3, -0.25) is 4.79 Å². The third kappa shape index (κ3) is 4.71. The normalized spacial score (nSPS) is 17.6. The van der Waals surface area contributed by atoms with Gasteiger partial charge in [-0.1, -0.05) is 30.3 Å². The molecule has 5 nitrogen and oxygen atoms in total. The van der Waals surface area contributed by atoms with Gasteiger partial charge in [0.2, 0.25) is 0 Å². The standard InChI is InChI=1S/C18H25NO4/c1-18(2,3)23-17(22)19-11-9-14(10-12-19)15(16(20)21)13-7-5-4-6-8-13/h4-8,14-15H,9-12H2,1-3H3,(H,20,21). The minimum atomic E-state index is -0.799. The highest BCUT2D eigenvalue weighted by atomic mass is 16.6. The molecule has 1 aliphatic rings. The van der Waals surface area contributed by atoms with Crippen molar-refractivity contribution in [3.63, 3.8) is 0 Å². The van der Waals surface area contributed by atoms with Gasteiger partial charge in [0.05, 0.1) is 5.92 Å². The van der Waals surface area contributed by atoms with Gasteiger partial charge in [-0.25, -0.2) is 4.79 Å². The van der Waals surface area contributed by atoms with E-state index in [0.717, 1.165) is 5.56 Å². The monoisotopic (exact) mass is 319 g/mol. The van der Waals surface area contributed by atoms with Crippen molar-refractivity contribution in [2.75, 3.05) is 13.1 Å². The Balaban J connectivity index is 2.00. The van der Waals surface area contributed by atoms with Crippen molar-refractivity contribution in [2.45, 2.75) is 45.1 Å². The molecule has 0 bridgehead atoms. The minimum Gasteiger partial charge on any atom is -0.481 e. The number of rotatable bonds is 3. The molecule has 1 fully saturated rings. The lowest BCUT2D eigenvalue weighted by atomic mass is 9.80. The summed E-state index contributed by atoms with van der Waals surface area (Å²) in [5.41, 5.74) is 0.317. The van der Waals surface area contributed by atoms with Gasteiger partial charge in [0.1, 0.15) is 5.60 Å². The number of ether oxygens (including phenoxy) is 1. The second-order valence-electron chi connectivity index (χ2n) is 7.03. The number of aliphatic carboxylic acids is 1. The zero-order valence-electron chi connectivity index (χ0n) is 14.0. The Labute approximate surface area is 137 Å². The summed E-state index contributed by atoms with van der Waals surface area (Å²) in [6.45, 7) is 6.60. The van der Waals surface area contributed by atoms with Gasteiger partial charge in [0.15, 0.2) is 0 Å². The third-order valence-corrected chi connectivity index (χ3v) is 4.09. The number of carboxylic acids is 1. The van der Waals surface area contributed by atoms with Crippen LogP contribution < -0.4 is 0 Å². The SMILES string of the molecule is CC(C)(C)OC(=O)N1CCC(C(C(=O)O)c2ccccc2)CC1. The first kappa shape index (κ1) is 17.3. The lowest BCUT2D eigenvalue weighted by molar-refractivity contribution is -0.140. The van der Waals surface area contributed by atoms with Crippen LogP contribution in [0.5, 0.6) is 0 Å². The van der Waals surface area contributed by atoms with Gasteiger partial charge >= 0.3 is 12.1 Å². The van der Waals surface area contributed by atoms with Crippen LogP contribution in [0.25, 0.3) is 0 Å². The quantitative estimate of drug-likeness (QED) is 0.926. The maximum absolute atomic E-state index is 12.1. The largest absolute Gasteiger partial charge is 0.481 e. The number of carboxylic acid groups (broad SMARTS) is 1. The summed E-state index contributed by atoms with van der Waals surface area (Å²) in [7, 11) is 0. The van der Waals surface area contributed by atoms with E-state index in [0.29, 0.717) is 25.9 Å². The number of hydrogen-bond acceptors (Lipinski definition) is 3. The summed E-state index contributed by atoms with van der Waals surface area (Å²) in [4.78, 5) is 25.5. The fourth-order valence-electron chi connectivity index (χ4n) is 3.02. The number of piperidine rings is 1. The summed E-state index contributed by atoms with van der Waals surface area (Å²) in [5.74, 6) is -1.28. The van der Waals surface area contributed by atoms with Crippen LogP contribution in [0.4, 0.5) is 4.79 Å². The predicted molar refractivity (Wildman–Crippen MR) is 87.3 cm³/mol. The van der Waals surface area contributed by atoms with Crippen molar-refractivity contribution in [1.29, 1.82) is 0 Å². The summed E-state index contributed by atoms with van der Waals surface area (Å²) >= 11 is 0. The van der Waals surface area contributed by atoms with Gasteiger partial charge in [-0.2, -0.15) is 0 Å². The molecule has 126 valence electrons. The van der Waals surface area contributed by atoms with E-state index in [-0.39, 0.29) is 12.0 Å². The van der Waals surface area contributed by atoms with Gasteiger partial charge in [-0.15, -0.1) is 0 Å². The lowest BCUT2D eigenvalue weighted by Crippen LogP contribution is -2.43. The molecule has 5 heteroatoms. The summed E-state index contributed by atoms with van der Waals surface area (Å²) < 4.78 is 5.38.